The fourth-order valence-electron chi connectivity index (χ4n) is 2.92. The normalized spacial score (nSPS) is 10.4. The summed E-state index contributed by atoms with van der Waals surface area (Å²) in [6.45, 7) is 1.91. The predicted molar refractivity (Wildman–Crippen MR) is 106 cm³/mol. The van der Waals surface area contributed by atoms with Crippen LogP contribution in [0, 0.1) is 10.1 Å². The van der Waals surface area contributed by atoms with Crippen LogP contribution in [0.2, 0.25) is 0 Å². The third kappa shape index (κ3) is 4.14. The minimum absolute atomic E-state index is 0.175. The van der Waals surface area contributed by atoms with Crippen LogP contribution in [-0.4, -0.2) is 21.8 Å². The number of nitrogens with zero attached hydrogens (tertiary/aromatic N) is 1. The van der Waals surface area contributed by atoms with Crippen LogP contribution in [0.3, 0.4) is 0 Å². The summed E-state index contributed by atoms with van der Waals surface area (Å²) < 4.78 is 5.87. The van der Waals surface area contributed by atoms with Crippen LogP contribution in [-0.2, 0) is 6.42 Å². The summed E-state index contributed by atoms with van der Waals surface area (Å²) in [4.78, 5) is 35.5. The lowest BCUT2D eigenvalue weighted by atomic mass is 9.98. The monoisotopic (exact) mass is 391 g/mol. The molecular formula is C22H17NO6. The first-order chi connectivity index (χ1) is 13.9. The second-order valence-corrected chi connectivity index (χ2v) is 6.19. The number of hydrogen-bond acceptors (Lipinski definition) is 5. The molecule has 0 aliphatic carbocycles. The summed E-state index contributed by atoms with van der Waals surface area (Å²) in [5.74, 6) is -1.76. The van der Waals surface area contributed by atoms with Gasteiger partial charge in [-0.25, -0.2) is 4.79 Å². The molecule has 7 heteroatoms. The Labute approximate surface area is 166 Å². The van der Waals surface area contributed by atoms with Crippen molar-refractivity contribution in [1.29, 1.82) is 0 Å². The third-order valence-corrected chi connectivity index (χ3v) is 4.36. The average molecular weight is 391 g/mol. The maximum absolute atomic E-state index is 13.1. The van der Waals surface area contributed by atoms with Crippen LogP contribution in [0.15, 0.2) is 66.7 Å². The zero-order valence-electron chi connectivity index (χ0n) is 15.5. The van der Waals surface area contributed by atoms with Crippen LogP contribution < -0.4 is 4.74 Å². The van der Waals surface area contributed by atoms with Crippen molar-refractivity contribution in [2.75, 3.05) is 0 Å². The first-order valence-corrected chi connectivity index (χ1v) is 8.83. The molecule has 1 N–H and O–H groups in total. The van der Waals surface area contributed by atoms with Gasteiger partial charge in [0.05, 0.1) is 10.5 Å². The van der Waals surface area contributed by atoms with Crippen LogP contribution in [0.1, 0.15) is 38.8 Å². The van der Waals surface area contributed by atoms with Gasteiger partial charge < -0.3 is 9.84 Å². The number of carbonyl (C=O) groups excluding carboxylic acids is 1. The Morgan fingerprint density at radius 2 is 1.62 bits per heavy atom. The van der Waals surface area contributed by atoms with Crippen molar-refractivity contribution >= 4 is 17.4 Å². The second kappa shape index (κ2) is 8.35. The van der Waals surface area contributed by atoms with Gasteiger partial charge >= 0.3 is 5.97 Å². The standard InChI is InChI=1S/C22H17NO6/c1-2-14-8-6-7-11-18(14)29-19-13-16(22(25)26)12-17(23(27)28)20(19)21(24)15-9-4-3-5-10-15/h3-13H,2H2,1H3,(H,25,26). The molecular weight excluding hydrogens is 374 g/mol. The largest absolute Gasteiger partial charge is 0.478 e. The van der Waals surface area contributed by atoms with Gasteiger partial charge in [-0.1, -0.05) is 55.5 Å². The maximum Gasteiger partial charge on any atom is 0.336 e. The topological polar surface area (TPSA) is 107 Å². The van der Waals surface area contributed by atoms with Crippen molar-refractivity contribution in [3.05, 3.63) is 99.1 Å². The molecule has 0 aromatic heterocycles. The number of para-hydroxylation sites is 1. The molecule has 0 amide bonds. The van der Waals surface area contributed by atoms with E-state index in [0.29, 0.717) is 12.2 Å². The quantitative estimate of drug-likeness (QED) is 0.349. The lowest BCUT2D eigenvalue weighted by Crippen LogP contribution is -2.10. The minimum atomic E-state index is -1.36. The number of nitro groups is 1. The summed E-state index contributed by atoms with van der Waals surface area (Å²) in [6.07, 6.45) is 0.624. The first kappa shape index (κ1) is 19.8. The number of rotatable bonds is 7. The Morgan fingerprint density at radius 3 is 2.24 bits per heavy atom. The molecule has 0 saturated carbocycles. The van der Waals surface area contributed by atoms with Gasteiger partial charge in [0, 0.05) is 11.6 Å². The van der Waals surface area contributed by atoms with Crippen molar-refractivity contribution in [3.8, 4) is 11.5 Å². The van der Waals surface area contributed by atoms with Crippen LogP contribution >= 0.6 is 0 Å². The van der Waals surface area contributed by atoms with E-state index < -0.39 is 22.4 Å². The fourth-order valence-corrected chi connectivity index (χ4v) is 2.92. The number of ether oxygens (including phenoxy) is 1. The highest BCUT2D eigenvalue weighted by Crippen LogP contribution is 2.36. The Balaban J connectivity index is 2.25. The Hall–Kier alpha value is -4.00. The molecule has 0 fully saturated rings. The molecule has 0 spiro atoms. The number of carboxylic acid groups (broad SMARTS) is 1. The number of aromatic carboxylic acids is 1. The van der Waals surface area contributed by atoms with Gasteiger partial charge in [-0.2, -0.15) is 0 Å². The Morgan fingerprint density at radius 1 is 0.966 bits per heavy atom. The van der Waals surface area contributed by atoms with Crippen molar-refractivity contribution in [2.24, 2.45) is 0 Å². The minimum Gasteiger partial charge on any atom is -0.478 e. The molecule has 0 bridgehead atoms. The van der Waals surface area contributed by atoms with Crippen molar-refractivity contribution in [3.63, 3.8) is 0 Å². The highest BCUT2D eigenvalue weighted by Gasteiger charge is 2.29. The SMILES string of the molecule is CCc1ccccc1Oc1cc(C(=O)O)cc([N+](=O)[O-])c1C(=O)c1ccccc1. The smallest absolute Gasteiger partial charge is 0.336 e. The van der Waals surface area contributed by atoms with E-state index in [-0.39, 0.29) is 22.4 Å². The van der Waals surface area contributed by atoms with Gasteiger partial charge in [-0.3, -0.25) is 14.9 Å². The highest BCUT2D eigenvalue weighted by molar-refractivity contribution is 6.14. The molecule has 0 saturated heterocycles. The summed E-state index contributed by atoms with van der Waals surface area (Å²) >= 11 is 0. The number of benzene rings is 3. The zero-order chi connectivity index (χ0) is 21.0. The average Bonchev–Trinajstić information content (AvgIpc) is 2.73. The van der Waals surface area contributed by atoms with E-state index in [1.165, 1.54) is 12.1 Å². The molecule has 0 heterocycles. The van der Waals surface area contributed by atoms with Crippen molar-refractivity contribution in [2.45, 2.75) is 13.3 Å². The second-order valence-electron chi connectivity index (χ2n) is 6.19. The number of hydrogen-bond donors (Lipinski definition) is 1. The predicted octanol–water partition coefficient (Wildman–Crippen LogP) is 4.88. The number of aryl methyl sites for hydroxylation is 1. The van der Waals surface area contributed by atoms with Crippen LogP contribution in [0.5, 0.6) is 11.5 Å². The van der Waals surface area contributed by atoms with Crippen molar-refractivity contribution < 1.29 is 24.4 Å². The lowest BCUT2D eigenvalue weighted by Gasteiger charge is -2.14. The summed E-state index contributed by atoms with van der Waals surface area (Å²) in [5, 5.41) is 21.0. The van der Waals surface area contributed by atoms with Crippen LogP contribution in [0.25, 0.3) is 0 Å². The number of carbonyl (C=O) groups is 2. The van der Waals surface area contributed by atoms with Crippen molar-refractivity contribution in [1.82, 2.24) is 0 Å². The summed E-state index contributed by atoms with van der Waals surface area (Å²) in [5.41, 5.74) is -0.216. The Bertz CT molecular complexity index is 1090. The lowest BCUT2D eigenvalue weighted by molar-refractivity contribution is -0.385. The van der Waals surface area contributed by atoms with Gasteiger partial charge in [0.15, 0.2) is 0 Å². The first-order valence-electron chi connectivity index (χ1n) is 8.83. The number of ketones is 1. The van der Waals surface area contributed by atoms with Gasteiger partial charge in [0.2, 0.25) is 5.78 Å². The van der Waals surface area contributed by atoms with E-state index in [2.05, 4.69) is 0 Å². The fraction of sp³-hybridized carbons (Fsp3) is 0.0909. The van der Waals surface area contributed by atoms with Gasteiger partial charge in [-0.05, 0) is 24.1 Å². The molecule has 7 nitrogen and oxygen atoms in total. The molecule has 3 aromatic carbocycles. The molecule has 29 heavy (non-hydrogen) atoms. The van der Waals surface area contributed by atoms with E-state index >= 15 is 0 Å². The number of carboxylic acids is 1. The van der Waals surface area contributed by atoms with E-state index in [1.807, 2.05) is 19.1 Å². The van der Waals surface area contributed by atoms with E-state index in [1.54, 1.807) is 30.3 Å². The van der Waals surface area contributed by atoms with Gasteiger partial charge in [-0.15, -0.1) is 0 Å². The highest BCUT2D eigenvalue weighted by atomic mass is 16.6. The molecule has 3 aromatic rings. The van der Waals surface area contributed by atoms with E-state index in [0.717, 1.165) is 17.7 Å². The number of nitro benzene ring substituents is 1. The molecule has 0 radical (unpaired) electrons. The Kier molecular flexibility index (Phi) is 5.69. The third-order valence-electron chi connectivity index (χ3n) is 4.36. The molecule has 146 valence electrons. The molecule has 0 unspecified atom stereocenters. The van der Waals surface area contributed by atoms with Crippen LogP contribution in [0.4, 0.5) is 5.69 Å². The van der Waals surface area contributed by atoms with Gasteiger partial charge in [0.25, 0.3) is 5.69 Å². The molecule has 0 aliphatic heterocycles. The molecule has 0 aliphatic rings. The maximum atomic E-state index is 13.1. The van der Waals surface area contributed by atoms with E-state index in [4.69, 9.17) is 4.74 Å². The van der Waals surface area contributed by atoms with E-state index in [9.17, 15) is 24.8 Å². The van der Waals surface area contributed by atoms with Gasteiger partial charge in [0.1, 0.15) is 17.1 Å². The summed E-state index contributed by atoms with van der Waals surface area (Å²) in [7, 11) is 0. The molecule has 3 rings (SSSR count). The zero-order valence-corrected chi connectivity index (χ0v) is 15.5. The molecule has 0 atom stereocenters. The summed E-state index contributed by atoms with van der Waals surface area (Å²) in [6, 6.07) is 17.1.